The molecule has 2 aromatic rings. The second-order valence-electron chi connectivity index (χ2n) is 4.64. The van der Waals surface area contributed by atoms with Crippen LogP contribution in [0.3, 0.4) is 0 Å². The molecule has 0 unspecified atom stereocenters. The van der Waals surface area contributed by atoms with Crippen LogP contribution in [0.15, 0.2) is 42.6 Å². The SMILES string of the molecule is O=C(O)c1ccc(NC(=O)N2CCOc3cccnc32)cc1. The van der Waals surface area contributed by atoms with Gasteiger partial charge in [0.1, 0.15) is 6.61 Å². The van der Waals surface area contributed by atoms with Gasteiger partial charge in [-0.1, -0.05) is 0 Å². The molecule has 22 heavy (non-hydrogen) atoms. The molecule has 0 atom stereocenters. The molecule has 7 nitrogen and oxygen atoms in total. The standard InChI is InChI=1S/C15H13N3O4/c19-14(20)10-3-5-11(6-4-10)17-15(21)18-8-9-22-12-2-1-7-16-13(12)18/h1-7H,8-9H2,(H,17,21)(H,19,20). The van der Waals surface area contributed by atoms with Gasteiger partial charge in [-0.2, -0.15) is 0 Å². The van der Waals surface area contributed by atoms with Crippen molar-refractivity contribution in [1.82, 2.24) is 4.98 Å². The summed E-state index contributed by atoms with van der Waals surface area (Å²) in [6.45, 7) is 0.785. The number of benzene rings is 1. The maximum Gasteiger partial charge on any atom is 0.335 e. The highest BCUT2D eigenvalue weighted by atomic mass is 16.5. The second kappa shape index (κ2) is 5.72. The summed E-state index contributed by atoms with van der Waals surface area (Å²) < 4.78 is 5.45. The molecule has 2 amide bonds. The molecule has 112 valence electrons. The van der Waals surface area contributed by atoms with E-state index in [4.69, 9.17) is 9.84 Å². The van der Waals surface area contributed by atoms with E-state index in [2.05, 4.69) is 10.3 Å². The van der Waals surface area contributed by atoms with Gasteiger partial charge in [-0.15, -0.1) is 0 Å². The lowest BCUT2D eigenvalue weighted by Crippen LogP contribution is -2.41. The average Bonchev–Trinajstić information content (AvgIpc) is 2.54. The first-order chi connectivity index (χ1) is 10.6. The van der Waals surface area contributed by atoms with E-state index in [9.17, 15) is 9.59 Å². The number of fused-ring (bicyclic) bond motifs is 1. The number of amides is 2. The number of urea groups is 1. The molecule has 0 aliphatic carbocycles. The lowest BCUT2D eigenvalue weighted by atomic mass is 10.2. The van der Waals surface area contributed by atoms with Crippen LogP contribution < -0.4 is 15.0 Å². The number of carboxylic acids is 1. The molecule has 0 saturated carbocycles. The molecule has 1 aliphatic heterocycles. The quantitative estimate of drug-likeness (QED) is 0.887. The molecule has 0 fully saturated rings. The fraction of sp³-hybridized carbons (Fsp3) is 0.133. The van der Waals surface area contributed by atoms with Gasteiger partial charge in [0, 0.05) is 11.9 Å². The normalized spacial score (nSPS) is 13.0. The van der Waals surface area contributed by atoms with Crippen molar-refractivity contribution < 1.29 is 19.4 Å². The Balaban J connectivity index is 1.76. The molecule has 0 saturated heterocycles. The molecular weight excluding hydrogens is 286 g/mol. The van der Waals surface area contributed by atoms with Gasteiger partial charge in [0.05, 0.1) is 12.1 Å². The van der Waals surface area contributed by atoms with Gasteiger partial charge in [-0.05, 0) is 36.4 Å². The van der Waals surface area contributed by atoms with Crippen LogP contribution in [0.4, 0.5) is 16.3 Å². The molecule has 1 aliphatic rings. The van der Waals surface area contributed by atoms with Crippen molar-refractivity contribution >= 4 is 23.5 Å². The first-order valence-corrected chi connectivity index (χ1v) is 6.65. The number of aromatic nitrogens is 1. The maximum atomic E-state index is 12.4. The number of hydrogen-bond acceptors (Lipinski definition) is 4. The average molecular weight is 299 g/mol. The smallest absolute Gasteiger partial charge is 0.335 e. The predicted molar refractivity (Wildman–Crippen MR) is 79.5 cm³/mol. The first kappa shape index (κ1) is 13.9. The van der Waals surface area contributed by atoms with E-state index in [1.807, 2.05) is 0 Å². The first-order valence-electron chi connectivity index (χ1n) is 6.65. The van der Waals surface area contributed by atoms with Gasteiger partial charge in [0.25, 0.3) is 0 Å². The van der Waals surface area contributed by atoms with Crippen molar-refractivity contribution in [1.29, 1.82) is 0 Å². The molecule has 1 aromatic heterocycles. The van der Waals surface area contributed by atoms with Gasteiger partial charge >= 0.3 is 12.0 Å². The van der Waals surface area contributed by atoms with Gasteiger partial charge in [0.2, 0.25) is 0 Å². The third-order valence-electron chi connectivity index (χ3n) is 3.21. The Kier molecular flexibility index (Phi) is 3.61. The van der Waals surface area contributed by atoms with Crippen molar-refractivity contribution in [2.75, 3.05) is 23.4 Å². The Hall–Kier alpha value is -3.09. The highest BCUT2D eigenvalue weighted by Crippen LogP contribution is 2.28. The Labute approximate surface area is 126 Å². The Morgan fingerprint density at radius 2 is 2.00 bits per heavy atom. The third-order valence-corrected chi connectivity index (χ3v) is 3.21. The Bertz CT molecular complexity index is 715. The molecule has 0 bridgehead atoms. The second-order valence-corrected chi connectivity index (χ2v) is 4.64. The lowest BCUT2D eigenvalue weighted by Gasteiger charge is -2.28. The number of aromatic carboxylic acids is 1. The Morgan fingerprint density at radius 1 is 1.23 bits per heavy atom. The van der Waals surface area contributed by atoms with Crippen molar-refractivity contribution in [3.8, 4) is 5.75 Å². The number of pyridine rings is 1. The molecule has 0 spiro atoms. The van der Waals surface area contributed by atoms with Gasteiger partial charge < -0.3 is 15.2 Å². The molecule has 1 aromatic carbocycles. The maximum absolute atomic E-state index is 12.4. The largest absolute Gasteiger partial charge is 0.488 e. The van der Waals surface area contributed by atoms with E-state index in [1.54, 1.807) is 30.5 Å². The number of nitrogens with zero attached hydrogens (tertiary/aromatic N) is 2. The van der Waals surface area contributed by atoms with Crippen molar-refractivity contribution in [2.45, 2.75) is 0 Å². The van der Waals surface area contributed by atoms with Crippen molar-refractivity contribution in [3.05, 3.63) is 48.2 Å². The van der Waals surface area contributed by atoms with E-state index in [0.29, 0.717) is 30.4 Å². The third kappa shape index (κ3) is 2.69. The molecule has 2 N–H and O–H groups in total. The highest BCUT2D eigenvalue weighted by molar-refractivity contribution is 6.02. The fourth-order valence-corrected chi connectivity index (χ4v) is 2.14. The molecular formula is C15H13N3O4. The minimum atomic E-state index is -1.01. The van der Waals surface area contributed by atoms with Crippen LogP contribution in [0.2, 0.25) is 0 Å². The summed E-state index contributed by atoms with van der Waals surface area (Å²) in [6, 6.07) is 9.11. The van der Waals surface area contributed by atoms with Crippen LogP contribution >= 0.6 is 0 Å². The van der Waals surface area contributed by atoms with E-state index in [1.165, 1.54) is 17.0 Å². The van der Waals surface area contributed by atoms with Crippen molar-refractivity contribution in [2.24, 2.45) is 0 Å². The van der Waals surface area contributed by atoms with Crippen LogP contribution in [0.1, 0.15) is 10.4 Å². The van der Waals surface area contributed by atoms with Gasteiger partial charge in [-0.3, -0.25) is 4.90 Å². The Morgan fingerprint density at radius 3 is 2.73 bits per heavy atom. The zero-order valence-electron chi connectivity index (χ0n) is 11.5. The number of ether oxygens (including phenoxy) is 1. The molecule has 2 heterocycles. The number of carboxylic acid groups (broad SMARTS) is 1. The monoisotopic (exact) mass is 299 g/mol. The zero-order valence-corrected chi connectivity index (χ0v) is 11.5. The number of nitrogens with one attached hydrogen (secondary N) is 1. The van der Waals surface area contributed by atoms with E-state index in [-0.39, 0.29) is 11.6 Å². The molecule has 7 heteroatoms. The summed E-state index contributed by atoms with van der Waals surface area (Å²) in [7, 11) is 0. The topological polar surface area (TPSA) is 91.8 Å². The number of anilines is 2. The van der Waals surface area contributed by atoms with Gasteiger partial charge in [-0.25, -0.2) is 14.6 Å². The summed E-state index contributed by atoms with van der Waals surface area (Å²) in [5.41, 5.74) is 0.676. The van der Waals surface area contributed by atoms with Crippen LogP contribution in [0.25, 0.3) is 0 Å². The summed E-state index contributed by atoms with van der Waals surface area (Å²) in [6.07, 6.45) is 1.59. The highest BCUT2D eigenvalue weighted by Gasteiger charge is 2.24. The van der Waals surface area contributed by atoms with Crippen LogP contribution in [0, 0.1) is 0 Å². The number of carbonyl (C=O) groups is 2. The summed E-state index contributed by atoms with van der Waals surface area (Å²) in [5.74, 6) is 0.0164. The van der Waals surface area contributed by atoms with E-state index >= 15 is 0 Å². The molecule has 0 radical (unpaired) electrons. The fourth-order valence-electron chi connectivity index (χ4n) is 2.14. The summed E-state index contributed by atoms with van der Waals surface area (Å²) in [4.78, 5) is 28.8. The molecule has 3 rings (SSSR count). The minimum absolute atomic E-state index is 0.163. The predicted octanol–water partition coefficient (Wildman–Crippen LogP) is 2.21. The van der Waals surface area contributed by atoms with Crippen LogP contribution in [-0.4, -0.2) is 35.2 Å². The van der Waals surface area contributed by atoms with E-state index < -0.39 is 5.97 Å². The number of rotatable bonds is 2. The minimum Gasteiger partial charge on any atom is -0.488 e. The summed E-state index contributed by atoms with van der Waals surface area (Å²) >= 11 is 0. The van der Waals surface area contributed by atoms with Gasteiger partial charge in [0.15, 0.2) is 11.6 Å². The lowest BCUT2D eigenvalue weighted by molar-refractivity contribution is 0.0697. The number of carbonyl (C=O) groups excluding carboxylic acids is 1. The van der Waals surface area contributed by atoms with Crippen LogP contribution in [-0.2, 0) is 0 Å². The van der Waals surface area contributed by atoms with E-state index in [0.717, 1.165) is 0 Å². The zero-order chi connectivity index (χ0) is 15.5. The number of hydrogen-bond donors (Lipinski definition) is 2. The van der Waals surface area contributed by atoms with Crippen molar-refractivity contribution in [3.63, 3.8) is 0 Å². The van der Waals surface area contributed by atoms with Crippen LogP contribution in [0.5, 0.6) is 5.75 Å². The summed E-state index contributed by atoms with van der Waals surface area (Å²) in [5, 5.41) is 11.6.